The molecule has 1 rings (SSSR count). The van der Waals surface area contributed by atoms with Gasteiger partial charge in [0.05, 0.1) is 18.7 Å². The molecule has 5 heteroatoms. The van der Waals surface area contributed by atoms with E-state index >= 15 is 0 Å². The normalized spacial score (nSPS) is 13.1. The van der Waals surface area contributed by atoms with E-state index in [9.17, 15) is 4.79 Å². The van der Waals surface area contributed by atoms with E-state index in [1.165, 1.54) is 11.3 Å². The van der Waals surface area contributed by atoms with Gasteiger partial charge in [0.15, 0.2) is 5.13 Å². The summed E-state index contributed by atoms with van der Waals surface area (Å²) in [5.74, 6) is 0.326. The van der Waals surface area contributed by atoms with Gasteiger partial charge in [-0.3, -0.25) is 4.79 Å². The molecule has 0 aromatic carbocycles. The van der Waals surface area contributed by atoms with Gasteiger partial charge in [-0.1, -0.05) is 27.7 Å². The zero-order chi connectivity index (χ0) is 14.5. The molecule has 0 aliphatic heterocycles. The van der Waals surface area contributed by atoms with Crippen molar-refractivity contribution in [3.8, 4) is 0 Å². The predicted molar refractivity (Wildman–Crippen MR) is 79.6 cm³/mol. The van der Waals surface area contributed by atoms with Gasteiger partial charge in [0.25, 0.3) is 0 Å². The average Bonchev–Trinajstić information content (AvgIpc) is 2.72. The van der Waals surface area contributed by atoms with Crippen molar-refractivity contribution in [2.24, 2.45) is 11.3 Å². The van der Waals surface area contributed by atoms with Crippen molar-refractivity contribution in [1.29, 1.82) is 0 Å². The van der Waals surface area contributed by atoms with Crippen LogP contribution in [0.3, 0.4) is 0 Å². The minimum atomic E-state index is -0.220. The van der Waals surface area contributed by atoms with Gasteiger partial charge in [0.2, 0.25) is 0 Å². The third-order valence-corrected chi connectivity index (χ3v) is 4.07. The fourth-order valence-corrected chi connectivity index (χ4v) is 2.10. The van der Waals surface area contributed by atoms with Crippen molar-refractivity contribution >= 4 is 22.4 Å². The lowest BCUT2D eigenvalue weighted by Gasteiger charge is -2.27. The number of rotatable bonds is 6. The summed E-state index contributed by atoms with van der Waals surface area (Å²) >= 11 is 1.53. The van der Waals surface area contributed by atoms with E-state index in [4.69, 9.17) is 4.74 Å². The molecule has 1 heterocycles. The van der Waals surface area contributed by atoms with E-state index in [0.29, 0.717) is 12.5 Å². The third kappa shape index (κ3) is 5.59. The molecule has 1 unspecified atom stereocenters. The van der Waals surface area contributed by atoms with Crippen LogP contribution < -0.4 is 5.32 Å². The Morgan fingerprint density at radius 2 is 2.21 bits per heavy atom. The standard InChI is InChI=1S/C14H24N2O2S/c1-6-18-12(17)7-11-9-19-13(16-11)15-8-10(2)14(3,4)5/h9-10H,6-8H2,1-5H3,(H,15,16). The number of aromatic nitrogens is 1. The quantitative estimate of drug-likeness (QED) is 0.814. The van der Waals surface area contributed by atoms with Crippen LogP contribution in [0.15, 0.2) is 5.38 Å². The number of thiazole rings is 1. The zero-order valence-corrected chi connectivity index (χ0v) is 13.3. The maximum Gasteiger partial charge on any atom is 0.311 e. The van der Waals surface area contributed by atoms with Crippen LogP contribution in [-0.4, -0.2) is 24.1 Å². The molecule has 4 nitrogen and oxygen atoms in total. The second-order valence-corrected chi connectivity index (χ2v) is 6.63. The monoisotopic (exact) mass is 284 g/mol. The highest BCUT2D eigenvalue weighted by atomic mass is 32.1. The number of hydrogen-bond acceptors (Lipinski definition) is 5. The Labute approximate surface area is 119 Å². The van der Waals surface area contributed by atoms with Crippen LogP contribution in [0.1, 0.15) is 40.3 Å². The number of nitrogens with one attached hydrogen (secondary N) is 1. The Morgan fingerprint density at radius 1 is 1.53 bits per heavy atom. The first-order valence-corrected chi connectivity index (χ1v) is 7.54. The Hall–Kier alpha value is -1.10. The molecule has 0 radical (unpaired) electrons. The van der Waals surface area contributed by atoms with Crippen LogP contribution in [-0.2, 0) is 16.0 Å². The molecule has 0 saturated carbocycles. The Morgan fingerprint density at radius 3 is 2.79 bits per heavy atom. The van der Waals surface area contributed by atoms with Gasteiger partial charge in [-0.2, -0.15) is 0 Å². The number of anilines is 1. The minimum Gasteiger partial charge on any atom is -0.466 e. The first kappa shape index (κ1) is 16.0. The van der Waals surface area contributed by atoms with Crippen LogP contribution >= 0.6 is 11.3 Å². The summed E-state index contributed by atoms with van der Waals surface area (Å²) in [5, 5.41) is 6.11. The Balaban J connectivity index is 2.45. The van der Waals surface area contributed by atoms with E-state index in [-0.39, 0.29) is 17.8 Å². The van der Waals surface area contributed by atoms with Gasteiger partial charge in [0.1, 0.15) is 0 Å². The van der Waals surface area contributed by atoms with Crippen LogP contribution in [0.5, 0.6) is 0 Å². The highest BCUT2D eigenvalue weighted by Gasteiger charge is 2.19. The molecule has 1 aromatic rings. The number of esters is 1. The van der Waals surface area contributed by atoms with Gasteiger partial charge in [0, 0.05) is 11.9 Å². The molecule has 1 N–H and O–H groups in total. The number of carbonyl (C=O) groups excluding carboxylic acids is 1. The van der Waals surface area contributed by atoms with E-state index in [1.807, 2.05) is 5.38 Å². The van der Waals surface area contributed by atoms with Crippen molar-refractivity contribution in [2.45, 2.75) is 41.0 Å². The van der Waals surface area contributed by atoms with E-state index in [1.54, 1.807) is 6.92 Å². The van der Waals surface area contributed by atoms with Gasteiger partial charge in [-0.15, -0.1) is 11.3 Å². The van der Waals surface area contributed by atoms with Crippen molar-refractivity contribution in [2.75, 3.05) is 18.5 Å². The summed E-state index contributed by atoms with van der Waals surface area (Å²) in [4.78, 5) is 15.7. The second kappa shape index (κ2) is 6.89. The minimum absolute atomic E-state index is 0.220. The lowest BCUT2D eigenvalue weighted by molar-refractivity contribution is -0.142. The number of nitrogens with zero attached hydrogens (tertiary/aromatic N) is 1. The first-order chi connectivity index (χ1) is 8.82. The molecule has 0 aliphatic carbocycles. The van der Waals surface area contributed by atoms with Crippen molar-refractivity contribution in [3.05, 3.63) is 11.1 Å². The van der Waals surface area contributed by atoms with Crippen molar-refractivity contribution in [1.82, 2.24) is 4.98 Å². The summed E-state index contributed by atoms with van der Waals surface area (Å²) in [7, 11) is 0. The highest BCUT2D eigenvalue weighted by molar-refractivity contribution is 7.13. The van der Waals surface area contributed by atoms with Crippen LogP contribution in [0.25, 0.3) is 0 Å². The molecule has 0 amide bonds. The average molecular weight is 284 g/mol. The SMILES string of the molecule is CCOC(=O)Cc1csc(NCC(C)C(C)(C)C)n1. The predicted octanol–water partition coefficient (Wildman–Crippen LogP) is 3.34. The van der Waals surface area contributed by atoms with Crippen molar-refractivity contribution in [3.63, 3.8) is 0 Å². The van der Waals surface area contributed by atoms with Crippen LogP contribution in [0.2, 0.25) is 0 Å². The molecule has 108 valence electrons. The summed E-state index contributed by atoms with van der Waals surface area (Å²) in [6.07, 6.45) is 0.251. The molecular formula is C14H24N2O2S. The summed E-state index contributed by atoms with van der Waals surface area (Å²) < 4.78 is 4.90. The lowest BCUT2D eigenvalue weighted by Crippen LogP contribution is -2.24. The summed E-state index contributed by atoms with van der Waals surface area (Å²) in [6.45, 7) is 12.0. The lowest BCUT2D eigenvalue weighted by atomic mass is 9.82. The van der Waals surface area contributed by atoms with Gasteiger partial charge < -0.3 is 10.1 Å². The molecule has 1 aromatic heterocycles. The first-order valence-electron chi connectivity index (χ1n) is 6.66. The summed E-state index contributed by atoms with van der Waals surface area (Å²) in [5.41, 5.74) is 1.05. The maximum absolute atomic E-state index is 11.3. The molecule has 0 saturated heterocycles. The summed E-state index contributed by atoms with van der Waals surface area (Å²) in [6, 6.07) is 0. The van der Waals surface area contributed by atoms with Crippen LogP contribution in [0.4, 0.5) is 5.13 Å². The molecule has 1 atom stereocenters. The molecule has 0 bridgehead atoms. The molecule has 19 heavy (non-hydrogen) atoms. The topological polar surface area (TPSA) is 51.2 Å². The van der Waals surface area contributed by atoms with E-state index < -0.39 is 0 Å². The molecule has 0 aliphatic rings. The van der Waals surface area contributed by atoms with Gasteiger partial charge >= 0.3 is 5.97 Å². The van der Waals surface area contributed by atoms with Crippen molar-refractivity contribution < 1.29 is 9.53 Å². The van der Waals surface area contributed by atoms with E-state index in [0.717, 1.165) is 17.4 Å². The second-order valence-electron chi connectivity index (χ2n) is 5.77. The maximum atomic E-state index is 11.3. The zero-order valence-electron chi connectivity index (χ0n) is 12.4. The fourth-order valence-electron chi connectivity index (χ4n) is 1.38. The van der Waals surface area contributed by atoms with Gasteiger partial charge in [-0.25, -0.2) is 4.98 Å². The molecule has 0 spiro atoms. The Bertz CT molecular complexity index is 410. The fraction of sp³-hybridized carbons (Fsp3) is 0.714. The highest BCUT2D eigenvalue weighted by Crippen LogP contribution is 2.26. The smallest absolute Gasteiger partial charge is 0.311 e. The van der Waals surface area contributed by atoms with E-state index in [2.05, 4.69) is 38.0 Å². The molecular weight excluding hydrogens is 260 g/mol. The van der Waals surface area contributed by atoms with Gasteiger partial charge in [-0.05, 0) is 18.3 Å². The number of hydrogen-bond donors (Lipinski definition) is 1. The molecule has 0 fully saturated rings. The largest absolute Gasteiger partial charge is 0.466 e. The third-order valence-electron chi connectivity index (χ3n) is 3.22. The number of carbonyl (C=O) groups is 1. The Kier molecular flexibility index (Phi) is 5.79. The van der Waals surface area contributed by atoms with Crippen LogP contribution in [0, 0.1) is 11.3 Å². The number of ether oxygens (including phenoxy) is 1.